The molecule has 1 saturated heterocycles. The molecule has 12 heteroatoms. The van der Waals surface area contributed by atoms with E-state index in [1.54, 1.807) is 6.08 Å². The van der Waals surface area contributed by atoms with Crippen LogP contribution in [0.5, 0.6) is 0 Å². The summed E-state index contributed by atoms with van der Waals surface area (Å²) in [6.07, 6.45) is 4.89. The van der Waals surface area contributed by atoms with Gasteiger partial charge >= 0.3 is 12.0 Å². The van der Waals surface area contributed by atoms with Crippen LogP contribution in [0.25, 0.3) is 0 Å². The van der Waals surface area contributed by atoms with Gasteiger partial charge < -0.3 is 20.6 Å². The molecule has 1 aromatic heterocycles. The van der Waals surface area contributed by atoms with E-state index < -0.39 is 29.9 Å². The lowest BCUT2D eigenvalue weighted by molar-refractivity contribution is -0.121. The van der Waals surface area contributed by atoms with Gasteiger partial charge in [-0.3, -0.25) is 4.79 Å². The highest BCUT2D eigenvalue weighted by atomic mass is 32.2. The molecule has 0 spiro atoms. The van der Waals surface area contributed by atoms with E-state index in [-0.39, 0.29) is 36.2 Å². The van der Waals surface area contributed by atoms with Crippen molar-refractivity contribution >= 4 is 34.9 Å². The number of carbonyl (C=O) groups is 2. The topological polar surface area (TPSA) is 120 Å². The van der Waals surface area contributed by atoms with Crippen molar-refractivity contribution < 1.29 is 38.1 Å². The fourth-order valence-electron chi connectivity index (χ4n) is 4.37. The van der Waals surface area contributed by atoms with E-state index in [9.17, 15) is 27.9 Å². The molecule has 38 heavy (non-hydrogen) atoms. The van der Waals surface area contributed by atoms with Crippen LogP contribution in [-0.2, 0) is 4.79 Å². The first kappa shape index (κ1) is 32.5. The van der Waals surface area contributed by atoms with Gasteiger partial charge in [-0.05, 0) is 70.4 Å². The molecule has 0 radical (unpaired) electrons. The van der Waals surface area contributed by atoms with E-state index in [1.165, 1.54) is 35.4 Å². The number of ketones is 1. The summed E-state index contributed by atoms with van der Waals surface area (Å²) in [4.78, 5) is 27.1. The SMILES string of the molecule is C[C@@](O)(CC=C[C@H]1CCC(=O)[C@@H]1CCSc1nc(C(=O)O)cs1)CCC(F)=C(F)F.OCC1CCNCC1. The van der Waals surface area contributed by atoms with E-state index in [2.05, 4.69) is 10.3 Å². The third-order valence-electron chi connectivity index (χ3n) is 6.76. The maximum Gasteiger partial charge on any atom is 0.355 e. The maximum absolute atomic E-state index is 12.9. The Morgan fingerprint density at radius 2 is 2.00 bits per heavy atom. The number of carbonyl (C=O) groups excluding carboxylic acids is 1. The predicted octanol–water partition coefficient (Wildman–Crippen LogP) is 5.45. The summed E-state index contributed by atoms with van der Waals surface area (Å²) in [6.45, 7) is 4.02. The van der Waals surface area contributed by atoms with Crippen molar-refractivity contribution in [3.63, 3.8) is 0 Å². The normalized spacial score (nSPS) is 21.7. The number of hydrogen-bond donors (Lipinski definition) is 4. The highest BCUT2D eigenvalue weighted by molar-refractivity contribution is 8.01. The Kier molecular flexibility index (Phi) is 14.0. The van der Waals surface area contributed by atoms with E-state index in [0.717, 1.165) is 25.9 Å². The van der Waals surface area contributed by atoms with Gasteiger partial charge in [0.2, 0.25) is 0 Å². The number of rotatable bonds is 12. The van der Waals surface area contributed by atoms with E-state index in [0.29, 0.717) is 41.9 Å². The predicted molar refractivity (Wildman–Crippen MR) is 142 cm³/mol. The molecular formula is C26H37F3N2O5S2. The van der Waals surface area contributed by atoms with Gasteiger partial charge in [0.15, 0.2) is 15.9 Å². The fraction of sp³-hybridized carbons (Fsp3) is 0.654. The highest BCUT2D eigenvalue weighted by Crippen LogP contribution is 2.35. The summed E-state index contributed by atoms with van der Waals surface area (Å²) in [5, 5.41) is 32.5. The van der Waals surface area contributed by atoms with Gasteiger partial charge in [0.05, 0.1) is 5.60 Å². The number of aliphatic hydroxyl groups excluding tert-OH is 1. The van der Waals surface area contributed by atoms with Gasteiger partial charge in [-0.25, -0.2) is 14.2 Å². The van der Waals surface area contributed by atoms with Crippen LogP contribution in [0.1, 0.15) is 68.8 Å². The monoisotopic (exact) mass is 578 g/mol. The highest BCUT2D eigenvalue weighted by Gasteiger charge is 2.32. The summed E-state index contributed by atoms with van der Waals surface area (Å²) in [5.41, 5.74) is -1.30. The summed E-state index contributed by atoms with van der Waals surface area (Å²) < 4.78 is 37.8. The van der Waals surface area contributed by atoms with Crippen molar-refractivity contribution in [1.82, 2.24) is 10.3 Å². The van der Waals surface area contributed by atoms with E-state index >= 15 is 0 Å². The number of carboxylic acid groups (broad SMARTS) is 1. The number of allylic oxidation sites excluding steroid dienone is 2. The van der Waals surface area contributed by atoms with Crippen LogP contribution in [0.2, 0.25) is 0 Å². The number of aliphatic hydroxyl groups is 2. The molecule has 1 aliphatic carbocycles. The molecule has 3 atom stereocenters. The molecule has 2 fully saturated rings. The summed E-state index contributed by atoms with van der Waals surface area (Å²) >= 11 is 2.67. The summed E-state index contributed by atoms with van der Waals surface area (Å²) in [5.74, 6) is -1.32. The molecule has 0 bridgehead atoms. The Bertz CT molecular complexity index is 960. The number of hydrogen-bond acceptors (Lipinski definition) is 8. The summed E-state index contributed by atoms with van der Waals surface area (Å²) in [6, 6.07) is 0. The Labute approximate surface area is 229 Å². The molecule has 2 aliphatic rings. The number of thiazole rings is 1. The Balaban J connectivity index is 0.000000538. The quantitative estimate of drug-likeness (QED) is 0.191. The Morgan fingerprint density at radius 3 is 2.58 bits per heavy atom. The number of thioether (sulfide) groups is 1. The molecule has 0 amide bonds. The van der Waals surface area contributed by atoms with Gasteiger partial charge in [-0.2, -0.15) is 8.78 Å². The zero-order chi connectivity index (χ0) is 28.1. The van der Waals surface area contributed by atoms with Gasteiger partial charge in [0, 0.05) is 36.5 Å². The second-order valence-corrected chi connectivity index (χ2v) is 12.1. The number of Topliss-reactive ketones (excluding diaryl/α,β-unsaturated/α-hetero) is 1. The Morgan fingerprint density at radius 1 is 1.29 bits per heavy atom. The zero-order valence-corrected chi connectivity index (χ0v) is 23.1. The van der Waals surface area contributed by atoms with Crippen molar-refractivity contribution in [2.75, 3.05) is 25.4 Å². The van der Waals surface area contributed by atoms with Crippen molar-refractivity contribution in [2.45, 2.75) is 68.2 Å². The fourth-order valence-corrected chi connectivity index (χ4v) is 6.26. The van der Waals surface area contributed by atoms with Crippen LogP contribution < -0.4 is 5.32 Å². The van der Waals surface area contributed by atoms with Crippen LogP contribution in [0.4, 0.5) is 13.2 Å². The first-order valence-electron chi connectivity index (χ1n) is 12.8. The van der Waals surface area contributed by atoms with Crippen molar-refractivity contribution in [3.8, 4) is 0 Å². The van der Waals surface area contributed by atoms with Crippen molar-refractivity contribution in [2.24, 2.45) is 17.8 Å². The number of nitrogens with one attached hydrogen (secondary N) is 1. The number of carboxylic acids is 1. The molecule has 4 N–H and O–H groups in total. The molecule has 1 aliphatic heterocycles. The average Bonchev–Trinajstić information content (AvgIpc) is 3.50. The van der Waals surface area contributed by atoms with Gasteiger partial charge in [-0.15, -0.1) is 11.3 Å². The number of nitrogens with zero attached hydrogens (tertiary/aromatic N) is 1. The third-order valence-corrected chi connectivity index (χ3v) is 8.81. The molecule has 1 aromatic rings. The zero-order valence-electron chi connectivity index (χ0n) is 21.5. The number of halogens is 3. The van der Waals surface area contributed by atoms with Gasteiger partial charge in [-0.1, -0.05) is 23.9 Å². The molecule has 214 valence electrons. The van der Waals surface area contributed by atoms with Crippen LogP contribution in [0, 0.1) is 17.8 Å². The molecule has 0 aromatic carbocycles. The molecule has 1 saturated carbocycles. The minimum atomic E-state index is -2.36. The first-order chi connectivity index (χ1) is 18.0. The second-order valence-electron chi connectivity index (χ2n) is 9.89. The molecule has 3 rings (SSSR count). The minimum absolute atomic E-state index is 0.0110. The lowest BCUT2D eigenvalue weighted by Gasteiger charge is -2.21. The van der Waals surface area contributed by atoms with Gasteiger partial charge in [0.25, 0.3) is 0 Å². The standard InChI is InChI=1S/C20H24F3NO4S2.C6H13NO/c1-20(28,9-6-14(21)17(22)23)8-2-3-12-4-5-16(25)13(12)7-10-29-19-24-15(11-30-19)18(26)27;8-5-6-1-3-7-4-2-6/h2-3,11-13,28H,4-10H2,1H3,(H,26,27);6-8H,1-5H2/t12-,13+,20+;/m0./s1. The minimum Gasteiger partial charge on any atom is -0.476 e. The van der Waals surface area contributed by atoms with Crippen LogP contribution in [0.15, 0.2) is 33.8 Å². The van der Waals surface area contributed by atoms with Crippen molar-refractivity contribution in [1.29, 1.82) is 0 Å². The van der Waals surface area contributed by atoms with Crippen LogP contribution in [0.3, 0.4) is 0 Å². The molecule has 2 heterocycles. The van der Waals surface area contributed by atoms with E-state index in [4.69, 9.17) is 10.2 Å². The van der Waals surface area contributed by atoms with E-state index in [1.807, 2.05) is 6.08 Å². The maximum atomic E-state index is 12.9. The average molecular weight is 579 g/mol. The third kappa shape index (κ3) is 11.6. The lowest BCUT2D eigenvalue weighted by Crippen LogP contribution is -2.29. The van der Waals surface area contributed by atoms with Crippen molar-refractivity contribution in [3.05, 3.63) is 35.1 Å². The van der Waals surface area contributed by atoms with Gasteiger partial charge in [0.1, 0.15) is 5.78 Å². The van der Waals surface area contributed by atoms with Crippen LogP contribution >= 0.6 is 23.1 Å². The number of aromatic carboxylic acids is 1. The number of aromatic nitrogens is 1. The first-order valence-corrected chi connectivity index (χ1v) is 14.6. The second kappa shape index (κ2) is 16.4. The molecular weight excluding hydrogens is 541 g/mol. The van der Waals surface area contributed by atoms with Crippen LogP contribution in [-0.4, -0.2) is 63.1 Å². The smallest absolute Gasteiger partial charge is 0.355 e. The largest absolute Gasteiger partial charge is 0.476 e. The summed E-state index contributed by atoms with van der Waals surface area (Å²) in [7, 11) is 0. The Hall–Kier alpha value is -1.73. The molecule has 7 nitrogen and oxygen atoms in total. The lowest BCUT2D eigenvalue weighted by atomic mass is 9.90. The molecule has 0 unspecified atom stereocenters. The number of piperidine rings is 1.